The van der Waals surface area contributed by atoms with Crippen LogP contribution in [0.25, 0.3) is 0 Å². The highest BCUT2D eigenvalue weighted by Crippen LogP contribution is 2.40. The summed E-state index contributed by atoms with van der Waals surface area (Å²) in [5.74, 6) is 0.0459. The van der Waals surface area contributed by atoms with E-state index in [0.29, 0.717) is 19.4 Å². The third kappa shape index (κ3) is 3.00. The maximum absolute atomic E-state index is 13.0. The summed E-state index contributed by atoms with van der Waals surface area (Å²) in [5.41, 5.74) is 2.30. The van der Waals surface area contributed by atoms with Crippen LogP contribution in [-0.2, 0) is 15.0 Å². The van der Waals surface area contributed by atoms with Crippen molar-refractivity contribution in [2.75, 3.05) is 13.1 Å². The van der Waals surface area contributed by atoms with Gasteiger partial charge < -0.3 is 10.2 Å². The third-order valence-electron chi connectivity index (χ3n) is 5.75. The second kappa shape index (κ2) is 6.94. The lowest BCUT2D eigenvalue weighted by molar-refractivity contribution is -0.136. The van der Waals surface area contributed by atoms with Crippen molar-refractivity contribution in [2.45, 2.75) is 37.1 Å². The van der Waals surface area contributed by atoms with E-state index in [0.717, 1.165) is 19.4 Å². The summed E-state index contributed by atoms with van der Waals surface area (Å²) in [6, 6.07) is 20.6. The molecule has 0 radical (unpaired) electrons. The van der Waals surface area contributed by atoms with Crippen LogP contribution in [0.5, 0.6) is 0 Å². The molecular weight excluding hydrogens is 324 g/mol. The van der Waals surface area contributed by atoms with Gasteiger partial charge in [0.15, 0.2) is 0 Å². The van der Waals surface area contributed by atoms with E-state index in [4.69, 9.17) is 0 Å². The summed E-state index contributed by atoms with van der Waals surface area (Å²) >= 11 is 0. The first-order chi connectivity index (χ1) is 12.7. The van der Waals surface area contributed by atoms with Gasteiger partial charge in [-0.15, -0.1) is 0 Å². The van der Waals surface area contributed by atoms with Crippen LogP contribution >= 0.6 is 0 Å². The molecule has 0 saturated carbocycles. The third-order valence-corrected chi connectivity index (χ3v) is 5.75. The Hall–Kier alpha value is -2.62. The molecule has 4 rings (SSSR count). The van der Waals surface area contributed by atoms with E-state index in [1.165, 1.54) is 11.1 Å². The van der Waals surface area contributed by atoms with E-state index in [-0.39, 0.29) is 23.3 Å². The molecule has 2 aromatic rings. The predicted octanol–water partition coefficient (Wildman–Crippen LogP) is 2.87. The van der Waals surface area contributed by atoms with Gasteiger partial charge >= 0.3 is 0 Å². The maximum atomic E-state index is 13.0. The average molecular weight is 348 g/mol. The molecule has 0 spiro atoms. The molecule has 1 N–H and O–H groups in total. The Bertz CT molecular complexity index is 749. The number of rotatable bonds is 3. The highest BCUT2D eigenvalue weighted by atomic mass is 16.2. The molecule has 26 heavy (non-hydrogen) atoms. The van der Waals surface area contributed by atoms with Crippen LogP contribution in [0.1, 0.15) is 36.8 Å². The van der Waals surface area contributed by atoms with Crippen molar-refractivity contribution in [1.29, 1.82) is 0 Å². The molecule has 2 fully saturated rings. The molecule has 4 heteroatoms. The van der Waals surface area contributed by atoms with Crippen molar-refractivity contribution in [3.63, 3.8) is 0 Å². The van der Waals surface area contributed by atoms with Crippen molar-refractivity contribution < 1.29 is 9.59 Å². The Labute approximate surface area is 154 Å². The predicted molar refractivity (Wildman–Crippen MR) is 101 cm³/mol. The van der Waals surface area contributed by atoms with Crippen molar-refractivity contribution >= 4 is 11.8 Å². The Balaban J connectivity index is 1.68. The number of hydrogen-bond acceptors (Lipinski definition) is 2. The molecule has 4 nitrogen and oxygen atoms in total. The number of nitrogens with zero attached hydrogens (tertiary/aromatic N) is 1. The summed E-state index contributed by atoms with van der Waals surface area (Å²) in [7, 11) is 0. The fourth-order valence-electron chi connectivity index (χ4n) is 4.42. The highest BCUT2D eigenvalue weighted by molar-refractivity contribution is 5.91. The fourth-order valence-corrected chi connectivity index (χ4v) is 4.42. The van der Waals surface area contributed by atoms with Gasteiger partial charge in [-0.1, -0.05) is 60.7 Å². The second-order valence-corrected chi connectivity index (χ2v) is 7.34. The first kappa shape index (κ1) is 16.8. The lowest BCUT2D eigenvalue weighted by Crippen LogP contribution is -2.53. The van der Waals surface area contributed by atoms with Crippen LogP contribution in [0.3, 0.4) is 0 Å². The molecule has 0 aromatic heterocycles. The summed E-state index contributed by atoms with van der Waals surface area (Å²) in [6.07, 6.45) is 3.03. The molecule has 1 atom stereocenters. The zero-order valence-corrected chi connectivity index (χ0v) is 14.9. The maximum Gasteiger partial charge on any atom is 0.245 e. The zero-order chi connectivity index (χ0) is 18.0. The van der Waals surface area contributed by atoms with E-state index in [1.807, 2.05) is 17.0 Å². The number of amides is 2. The normalized spacial score (nSPS) is 22.1. The van der Waals surface area contributed by atoms with Crippen molar-refractivity contribution in [2.24, 2.45) is 0 Å². The summed E-state index contributed by atoms with van der Waals surface area (Å²) in [5, 5.41) is 2.83. The Morgan fingerprint density at radius 1 is 1.00 bits per heavy atom. The van der Waals surface area contributed by atoms with Gasteiger partial charge in [-0.2, -0.15) is 0 Å². The fraction of sp³-hybridized carbons (Fsp3) is 0.364. The average Bonchev–Trinajstić information content (AvgIpc) is 3.15. The van der Waals surface area contributed by atoms with E-state index >= 15 is 0 Å². The van der Waals surface area contributed by atoms with Gasteiger partial charge in [0.2, 0.25) is 11.8 Å². The Kier molecular flexibility index (Phi) is 4.49. The van der Waals surface area contributed by atoms with E-state index in [9.17, 15) is 9.59 Å². The molecule has 0 bridgehead atoms. The summed E-state index contributed by atoms with van der Waals surface area (Å²) < 4.78 is 0. The molecule has 2 aromatic carbocycles. The van der Waals surface area contributed by atoms with Gasteiger partial charge in [0.25, 0.3) is 0 Å². The topological polar surface area (TPSA) is 49.4 Å². The number of benzene rings is 2. The molecule has 0 unspecified atom stereocenters. The molecule has 134 valence electrons. The second-order valence-electron chi connectivity index (χ2n) is 7.34. The van der Waals surface area contributed by atoms with E-state index < -0.39 is 0 Å². The van der Waals surface area contributed by atoms with E-state index in [2.05, 4.69) is 53.8 Å². The number of piperidine rings is 1. The molecule has 2 aliphatic rings. The van der Waals surface area contributed by atoms with Gasteiger partial charge in [0, 0.05) is 24.9 Å². The van der Waals surface area contributed by atoms with Gasteiger partial charge in [-0.05, 0) is 30.4 Å². The van der Waals surface area contributed by atoms with Gasteiger partial charge in [-0.3, -0.25) is 9.59 Å². The smallest absolute Gasteiger partial charge is 0.245 e. The number of carbonyl (C=O) groups excluding carboxylic acids is 2. The monoisotopic (exact) mass is 348 g/mol. The minimum atomic E-state index is -0.357. The first-order valence-corrected chi connectivity index (χ1v) is 9.38. The quantitative estimate of drug-likeness (QED) is 0.927. The van der Waals surface area contributed by atoms with Crippen molar-refractivity contribution in [3.05, 3.63) is 71.8 Å². The van der Waals surface area contributed by atoms with Crippen LogP contribution in [0.4, 0.5) is 0 Å². The van der Waals surface area contributed by atoms with Gasteiger partial charge in [0.05, 0.1) is 0 Å². The summed E-state index contributed by atoms with van der Waals surface area (Å²) in [4.78, 5) is 26.5. The van der Waals surface area contributed by atoms with Crippen LogP contribution in [0.2, 0.25) is 0 Å². The lowest BCUT2D eigenvalue weighted by atomic mass is 9.69. The zero-order valence-electron chi connectivity index (χ0n) is 14.9. The number of nitrogens with one attached hydrogen (secondary N) is 1. The molecule has 2 aliphatic heterocycles. The van der Waals surface area contributed by atoms with Crippen molar-refractivity contribution in [1.82, 2.24) is 10.2 Å². The largest absolute Gasteiger partial charge is 0.344 e. The highest BCUT2D eigenvalue weighted by Gasteiger charge is 2.42. The Morgan fingerprint density at radius 3 is 2.15 bits per heavy atom. The molecule has 2 amide bonds. The minimum Gasteiger partial charge on any atom is -0.344 e. The van der Waals surface area contributed by atoms with Gasteiger partial charge in [0.1, 0.15) is 6.04 Å². The Morgan fingerprint density at radius 2 is 1.62 bits per heavy atom. The standard InChI is InChI=1S/C22H24N2O2/c25-20-13-12-19(23-20)21(26)24-15-7-14-22(16-24,17-8-3-1-4-9-17)18-10-5-2-6-11-18/h1-6,8-11,19H,7,12-16H2,(H,23,25)/t19-/m1/s1. The van der Waals surface area contributed by atoms with Crippen LogP contribution in [0, 0.1) is 0 Å². The number of carbonyl (C=O) groups is 2. The molecular formula is C22H24N2O2. The molecule has 2 heterocycles. The van der Waals surface area contributed by atoms with Crippen LogP contribution < -0.4 is 5.32 Å². The van der Waals surface area contributed by atoms with Crippen LogP contribution in [0.15, 0.2) is 60.7 Å². The summed E-state index contributed by atoms with van der Waals surface area (Å²) in [6.45, 7) is 1.42. The van der Waals surface area contributed by atoms with E-state index in [1.54, 1.807) is 0 Å². The minimum absolute atomic E-state index is 0.0160. The molecule has 2 saturated heterocycles. The number of likely N-dealkylation sites (tertiary alicyclic amines) is 1. The SMILES string of the molecule is O=C1CC[C@H](C(=O)N2CCCC(c3ccccc3)(c3ccccc3)C2)N1. The lowest BCUT2D eigenvalue weighted by Gasteiger charge is -2.44. The molecule has 0 aliphatic carbocycles. The number of hydrogen-bond donors (Lipinski definition) is 1. The first-order valence-electron chi connectivity index (χ1n) is 9.38. The van der Waals surface area contributed by atoms with Gasteiger partial charge in [-0.25, -0.2) is 0 Å². The van der Waals surface area contributed by atoms with Crippen molar-refractivity contribution in [3.8, 4) is 0 Å². The van der Waals surface area contributed by atoms with Crippen LogP contribution in [-0.4, -0.2) is 35.8 Å².